The third-order valence-electron chi connectivity index (χ3n) is 2.39. The molecule has 0 aromatic carbocycles. The summed E-state index contributed by atoms with van der Waals surface area (Å²) in [5.41, 5.74) is 0.455. The molecule has 0 aliphatic heterocycles. The quantitative estimate of drug-likeness (QED) is 0.787. The smallest absolute Gasteiger partial charge is 0.271 e. The Morgan fingerprint density at radius 1 is 1.69 bits per heavy atom. The largest absolute Gasteiger partial charge is 0.383 e. The van der Waals surface area contributed by atoms with Crippen molar-refractivity contribution in [3.63, 3.8) is 0 Å². The second-order valence-corrected chi connectivity index (χ2v) is 3.74. The Labute approximate surface area is 95.8 Å². The minimum absolute atomic E-state index is 0.120. The molecular formula is C11H19N3O2. The minimum atomic E-state index is -0.120. The second kappa shape index (κ2) is 6.27. The van der Waals surface area contributed by atoms with Gasteiger partial charge in [0, 0.05) is 19.3 Å². The highest BCUT2D eigenvalue weighted by Gasteiger charge is 2.11. The lowest BCUT2D eigenvalue weighted by atomic mass is 10.2. The number of nitrogens with one attached hydrogen (secondary N) is 1. The highest BCUT2D eigenvalue weighted by molar-refractivity contribution is 5.92. The molecule has 0 spiro atoms. The summed E-state index contributed by atoms with van der Waals surface area (Å²) in [7, 11) is 1.64. The second-order valence-electron chi connectivity index (χ2n) is 3.74. The van der Waals surface area contributed by atoms with Gasteiger partial charge >= 0.3 is 0 Å². The highest BCUT2D eigenvalue weighted by atomic mass is 16.5. The fraction of sp³-hybridized carbons (Fsp3) is 0.636. The van der Waals surface area contributed by atoms with Crippen LogP contribution in [0.4, 0.5) is 0 Å². The van der Waals surface area contributed by atoms with Crippen LogP contribution < -0.4 is 5.32 Å². The summed E-state index contributed by atoms with van der Waals surface area (Å²) in [6, 6.07) is 1.89. The van der Waals surface area contributed by atoms with Gasteiger partial charge in [0.1, 0.15) is 5.69 Å². The van der Waals surface area contributed by atoms with Crippen LogP contribution in [-0.4, -0.2) is 35.4 Å². The van der Waals surface area contributed by atoms with Crippen molar-refractivity contribution in [2.75, 3.05) is 13.7 Å². The lowest BCUT2D eigenvalue weighted by molar-refractivity contribution is 0.0932. The Morgan fingerprint density at radius 2 is 2.44 bits per heavy atom. The van der Waals surface area contributed by atoms with Crippen molar-refractivity contribution >= 4 is 5.91 Å². The van der Waals surface area contributed by atoms with Gasteiger partial charge in [0.2, 0.25) is 0 Å². The lowest BCUT2D eigenvalue weighted by Gasteiger charge is -2.09. The third kappa shape index (κ3) is 3.66. The molecule has 1 rings (SSSR count). The highest BCUT2D eigenvalue weighted by Crippen LogP contribution is 1.98. The van der Waals surface area contributed by atoms with E-state index in [0.717, 1.165) is 6.42 Å². The molecule has 0 saturated heterocycles. The van der Waals surface area contributed by atoms with Crippen molar-refractivity contribution in [2.24, 2.45) is 0 Å². The first-order chi connectivity index (χ1) is 7.67. The molecule has 1 amide bonds. The van der Waals surface area contributed by atoms with E-state index in [1.807, 2.05) is 13.8 Å². The fourth-order valence-electron chi connectivity index (χ4n) is 1.19. The van der Waals surface area contributed by atoms with Crippen molar-refractivity contribution in [1.82, 2.24) is 15.1 Å². The number of carbonyl (C=O) groups excluding carboxylic acids is 1. The average molecular weight is 225 g/mol. The van der Waals surface area contributed by atoms with Gasteiger partial charge in [-0.1, -0.05) is 6.92 Å². The van der Waals surface area contributed by atoms with Crippen molar-refractivity contribution < 1.29 is 9.53 Å². The zero-order chi connectivity index (χ0) is 12.0. The third-order valence-corrected chi connectivity index (χ3v) is 2.39. The summed E-state index contributed by atoms with van der Waals surface area (Å²) in [5.74, 6) is -0.120. The van der Waals surface area contributed by atoms with Gasteiger partial charge in [0.05, 0.1) is 13.2 Å². The molecule has 0 aliphatic rings. The molecule has 1 N–H and O–H groups in total. The molecule has 5 nitrogen and oxygen atoms in total. The molecule has 0 aliphatic carbocycles. The van der Waals surface area contributed by atoms with E-state index >= 15 is 0 Å². The van der Waals surface area contributed by atoms with E-state index in [2.05, 4.69) is 10.4 Å². The Kier molecular flexibility index (Phi) is 4.98. The molecule has 0 fully saturated rings. The number of hydrogen-bond donors (Lipinski definition) is 1. The van der Waals surface area contributed by atoms with E-state index in [0.29, 0.717) is 18.8 Å². The first-order valence-electron chi connectivity index (χ1n) is 5.50. The van der Waals surface area contributed by atoms with Crippen LogP contribution in [0.25, 0.3) is 0 Å². The number of nitrogens with zero attached hydrogens (tertiary/aromatic N) is 2. The number of amides is 1. The molecule has 1 aromatic heterocycles. The molecule has 1 heterocycles. The van der Waals surface area contributed by atoms with Gasteiger partial charge < -0.3 is 10.1 Å². The molecule has 90 valence electrons. The average Bonchev–Trinajstić information content (AvgIpc) is 2.74. The summed E-state index contributed by atoms with van der Waals surface area (Å²) < 4.78 is 6.64. The maximum atomic E-state index is 11.7. The van der Waals surface area contributed by atoms with Crippen LogP contribution in [0.5, 0.6) is 0 Å². The minimum Gasteiger partial charge on any atom is -0.383 e. The Balaban J connectivity index is 2.52. The predicted molar refractivity (Wildman–Crippen MR) is 61.3 cm³/mol. The molecule has 0 saturated carbocycles. The first kappa shape index (κ1) is 12.7. The molecule has 1 unspecified atom stereocenters. The van der Waals surface area contributed by atoms with E-state index in [9.17, 15) is 4.79 Å². The van der Waals surface area contributed by atoms with Gasteiger partial charge in [-0.3, -0.25) is 9.48 Å². The van der Waals surface area contributed by atoms with Gasteiger partial charge in [-0.05, 0) is 19.4 Å². The molecule has 1 atom stereocenters. The van der Waals surface area contributed by atoms with Crippen LogP contribution in [0, 0.1) is 0 Å². The van der Waals surface area contributed by atoms with Gasteiger partial charge in [-0.25, -0.2) is 0 Å². The molecule has 0 radical (unpaired) electrons. The maximum absolute atomic E-state index is 11.7. The number of methoxy groups -OCH3 is 1. The van der Waals surface area contributed by atoms with Crippen LogP contribution in [0.1, 0.15) is 30.8 Å². The van der Waals surface area contributed by atoms with Crippen molar-refractivity contribution in [1.29, 1.82) is 0 Å². The van der Waals surface area contributed by atoms with Crippen LogP contribution in [0.3, 0.4) is 0 Å². The molecular weight excluding hydrogens is 206 g/mol. The SMILES string of the molecule is CCC(C)NC(=O)c1ccn(CCOC)n1. The van der Waals surface area contributed by atoms with Crippen molar-refractivity contribution in [2.45, 2.75) is 32.9 Å². The Morgan fingerprint density at radius 3 is 3.06 bits per heavy atom. The zero-order valence-corrected chi connectivity index (χ0v) is 10.1. The van der Waals surface area contributed by atoms with Gasteiger partial charge in [0.25, 0.3) is 5.91 Å². The lowest BCUT2D eigenvalue weighted by Crippen LogP contribution is -2.32. The zero-order valence-electron chi connectivity index (χ0n) is 10.1. The summed E-state index contributed by atoms with van der Waals surface area (Å²) >= 11 is 0. The topological polar surface area (TPSA) is 56.2 Å². The molecule has 16 heavy (non-hydrogen) atoms. The first-order valence-corrected chi connectivity index (χ1v) is 5.50. The number of hydrogen-bond acceptors (Lipinski definition) is 3. The van der Waals surface area contributed by atoms with E-state index in [1.54, 1.807) is 24.1 Å². The number of aromatic nitrogens is 2. The van der Waals surface area contributed by atoms with Gasteiger partial charge in [-0.2, -0.15) is 5.10 Å². The normalized spacial score (nSPS) is 12.4. The number of rotatable bonds is 6. The fourth-order valence-corrected chi connectivity index (χ4v) is 1.19. The van der Waals surface area contributed by atoms with Crippen LogP contribution in [-0.2, 0) is 11.3 Å². The summed E-state index contributed by atoms with van der Waals surface area (Å²) in [6.45, 7) is 5.25. The summed E-state index contributed by atoms with van der Waals surface area (Å²) in [4.78, 5) is 11.7. The number of ether oxygens (including phenoxy) is 1. The monoisotopic (exact) mass is 225 g/mol. The van der Waals surface area contributed by atoms with Crippen LogP contribution in [0.15, 0.2) is 12.3 Å². The number of carbonyl (C=O) groups is 1. The Bertz CT molecular complexity index is 336. The van der Waals surface area contributed by atoms with Crippen molar-refractivity contribution in [3.05, 3.63) is 18.0 Å². The van der Waals surface area contributed by atoms with Crippen LogP contribution >= 0.6 is 0 Å². The summed E-state index contributed by atoms with van der Waals surface area (Å²) in [6.07, 6.45) is 2.70. The van der Waals surface area contributed by atoms with Gasteiger partial charge in [-0.15, -0.1) is 0 Å². The van der Waals surface area contributed by atoms with E-state index in [-0.39, 0.29) is 11.9 Å². The Hall–Kier alpha value is -1.36. The van der Waals surface area contributed by atoms with E-state index < -0.39 is 0 Å². The maximum Gasteiger partial charge on any atom is 0.271 e. The van der Waals surface area contributed by atoms with E-state index in [1.165, 1.54) is 0 Å². The van der Waals surface area contributed by atoms with Crippen molar-refractivity contribution in [3.8, 4) is 0 Å². The summed E-state index contributed by atoms with van der Waals surface area (Å²) in [5, 5.41) is 7.03. The molecule has 0 bridgehead atoms. The molecule has 1 aromatic rings. The van der Waals surface area contributed by atoms with Gasteiger partial charge in [0.15, 0.2) is 0 Å². The standard InChI is InChI=1S/C11H19N3O2/c1-4-9(2)12-11(15)10-5-6-14(13-10)7-8-16-3/h5-6,9H,4,7-8H2,1-3H3,(H,12,15). The molecule has 5 heteroatoms. The van der Waals surface area contributed by atoms with E-state index in [4.69, 9.17) is 4.74 Å². The predicted octanol–water partition coefficient (Wildman–Crippen LogP) is 1.06. The van der Waals surface area contributed by atoms with Crippen LogP contribution in [0.2, 0.25) is 0 Å².